The van der Waals surface area contributed by atoms with Gasteiger partial charge in [-0.2, -0.15) is 0 Å². The predicted molar refractivity (Wildman–Crippen MR) is 139 cm³/mol. The van der Waals surface area contributed by atoms with Gasteiger partial charge in [0.1, 0.15) is 5.75 Å². The molecule has 36 heavy (non-hydrogen) atoms. The van der Waals surface area contributed by atoms with Gasteiger partial charge in [0.25, 0.3) is 15.9 Å². The lowest BCUT2D eigenvalue weighted by Gasteiger charge is -2.34. The number of carbonyl (C=O) groups is 1. The summed E-state index contributed by atoms with van der Waals surface area (Å²) in [5.74, 6) is 0.0144. The van der Waals surface area contributed by atoms with Crippen LogP contribution >= 0.6 is 0 Å². The molecule has 3 aromatic carbocycles. The number of hydrogen-bond acceptors (Lipinski definition) is 5. The number of fused-ring (bicyclic) bond motifs is 1. The molecule has 0 radical (unpaired) electrons. The van der Waals surface area contributed by atoms with Gasteiger partial charge in [0.05, 0.1) is 17.1 Å². The zero-order valence-electron chi connectivity index (χ0n) is 20.4. The maximum Gasteiger partial charge on any atom is 0.264 e. The van der Waals surface area contributed by atoms with Crippen LogP contribution in [-0.4, -0.2) is 45.0 Å². The summed E-state index contributed by atoms with van der Waals surface area (Å²) in [6.07, 6.45) is 1.57. The molecule has 188 valence electrons. The van der Waals surface area contributed by atoms with Crippen molar-refractivity contribution in [2.45, 2.75) is 43.9 Å². The summed E-state index contributed by atoms with van der Waals surface area (Å²) >= 11 is 0. The van der Waals surface area contributed by atoms with Gasteiger partial charge in [-0.25, -0.2) is 8.42 Å². The van der Waals surface area contributed by atoms with E-state index in [4.69, 9.17) is 4.74 Å². The van der Waals surface area contributed by atoms with Crippen molar-refractivity contribution in [2.24, 2.45) is 0 Å². The lowest BCUT2D eigenvalue weighted by Crippen LogP contribution is -2.50. The number of aryl methyl sites for hydroxylation is 1. The van der Waals surface area contributed by atoms with E-state index < -0.39 is 16.1 Å². The number of amides is 1. The fraction of sp³-hybridized carbons (Fsp3) is 0.321. The second-order valence-electron chi connectivity index (χ2n) is 9.44. The predicted octanol–water partition coefficient (Wildman–Crippen LogP) is 3.86. The van der Waals surface area contributed by atoms with Crippen molar-refractivity contribution >= 4 is 21.6 Å². The first kappa shape index (κ1) is 24.3. The molecular formula is C28H31N3O4S. The summed E-state index contributed by atoms with van der Waals surface area (Å²) in [4.78, 5) is 15.7. The van der Waals surface area contributed by atoms with Gasteiger partial charge in [-0.15, -0.1) is 0 Å². The second-order valence-corrected chi connectivity index (χ2v) is 11.3. The topological polar surface area (TPSA) is 79.0 Å². The number of likely N-dealkylation sites (tertiary alicyclic amines) is 1. The van der Waals surface area contributed by atoms with Gasteiger partial charge in [-0.3, -0.25) is 14.0 Å². The number of nitrogens with zero attached hydrogens (tertiary/aromatic N) is 2. The molecule has 1 N–H and O–H groups in total. The van der Waals surface area contributed by atoms with E-state index in [-0.39, 0.29) is 17.3 Å². The van der Waals surface area contributed by atoms with Crippen molar-refractivity contribution in [1.82, 2.24) is 10.2 Å². The van der Waals surface area contributed by atoms with Crippen LogP contribution in [0.4, 0.5) is 5.69 Å². The third kappa shape index (κ3) is 5.24. The molecule has 5 rings (SSSR count). The third-order valence-corrected chi connectivity index (χ3v) is 8.52. The number of ether oxygens (including phenoxy) is 1. The van der Waals surface area contributed by atoms with E-state index in [1.165, 1.54) is 22.7 Å². The quantitative estimate of drug-likeness (QED) is 0.528. The zero-order valence-corrected chi connectivity index (χ0v) is 21.2. The van der Waals surface area contributed by atoms with Gasteiger partial charge in [-0.1, -0.05) is 54.1 Å². The third-order valence-electron chi connectivity index (χ3n) is 6.73. The summed E-state index contributed by atoms with van der Waals surface area (Å²) < 4.78 is 34.2. The minimum Gasteiger partial charge on any atom is -0.476 e. The maximum atomic E-state index is 13.5. The molecule has 1 unspecified atom stereocenters. The number of benzene rings is 3. The molecule has 2 heterocycles. The molecule has 2 aliphatic heterocycles. The van der Waals surface area contributed by atoms with Gasteiger partial charge in [0.15, 0.2) is 6.10 Å². The molecule has 2 aliphatic rings. The number of anilines is 1. The van der Waals surface area contributed by atoms with Crippen molar-refractivity contribution in [1.29, 1.82) is 0 Å². The van der Waals surface area contributed by atoms with E-state index in [1.54, 1.807) is 48.5 Å². The molecule has 1 saturated heterocycles. The monoisotopic (exact) mass is 505 g/mol. The molecule has 1 fully saturated rings. The second kappa shape index (κ2) is 10.3. The first-order chi connectivity index (χ1) is 17.4. The van der Waals surface area contributed by atoms with Gasteiger partial charge in [-0.05, 0) is 68.2 Å². The highest BCUT2D eigenvalue weighted by Crippen LogP contribution is 2.36. The van der Waals surface area contributed by atoms with Crippen molar-refractivity contribution in [3.05, 3.63) is 89.5 Å². The first-order valence-corrected chi connectivity index (χ1v) is 13.8. The highest BCUT2D eigenvalue weighted by molar-refractivity contribution is 7.92. The Morgan fingerprint density at radius 3 is 2.33 bits per heavy atom. The molecule has 8 heteroatoms. The minimum atomic E-state index is -3.87. The Balaban J connectivity index is 1.28. The van der Waals surface area contributed by atoms with Crippen LogP contribution in [0.15, 0.2) is 77.7 Å². The van der Waals surface area contributed by atoms with Crippen molar-refractivity contribution in [3.63, 3.8) is 0 Å². The van der Waals surface area contributed by atoms with Crippen LogP contribution in [-0.2, 0) is 27.9 Å². The van der Waals surface area contributed by atoms with E-state index in [9.17, 15) is 13.2 Å². The lowest BCUT2D eigenvalue weighted by molar-refractivity contribution is -0.127. The smallest absolute Gasteiger partial charge is 0.264 e. The highest BCUT2D eigenvalue weighted by atomic mass is 32.2. The van der Waals surface area contributed by atoms with Crippen LogP contribution in [0.1, 0.15) is 29.5 Å². The Kier molecular flexibility index (Phi) is 6.98. The summed E-state index contributed by atoms with van der Waals surface area (Å²) in [7, 11) is -3.87. The van der Waals surface area contributed by atoms with E-state index in [0.29, 0.717) is 18.0 Å². The van der Waals surface area contributed by atoms with Crippen LogP contribution in [0.5, 0.6) is 5.75 Å². The summed E-state index contributed by atoms with van der Waals surface area (Å²) in [6.45, 7) is 5.40. The van der Waals surface area contributed by atoms with Crippen LogP contribution in [0.25, 0.3) is 0 Å². The van der Waals surface area contributed by atoms with Crippen LogP contribution < -0.4 is 14.4 Å². The molecule has 0 saturated carbocycles. The SMILES string of the molecule is Cc1ccc(S(=O)(=O)N2CC(C(=O)NCc3ccc(CN4CCCC4)cc3)Oc3ccccc32)cc1. The average Bonchev–Trinajstić information content (AvgIpc) is 3.41. The number of hydrogen-bond donors (Lipinski definition) is 1. The first-order valence-electron chi connectivity index (χ1n) is 12.3. The van der Waals surface area contributed by atoms with E-state index >= 15 is 0 Å². The Hall–Kier alpha value is -3.36. The fourth-order valence-corrected chi connectivity index (χ4v) is 6.14. The molecule has 1 atom stereocenters. The van der Waals surface area contributed by atoms with E-state index in [0.717, 1.165) is 30.8 Å². The van der Waals surface area contributed by atoms with Crippen LogP contribution in [0, 0.1) is 6.92 Å². The van der Waals surface area contributed by atoms with Crippen molar-refractivity contribution in [3.8, 4) is 5.75 Å². The molecule has 0 spiro atoms. The number of nitrogens with one attached hydrogen (secondary N) is 1. The number of para-hydroxylation sites is 2. The average molecular weight is 506 g/mol. The molecule has 0 aliphatic carbocycles. The van der Waals surface area contributed by atoms with Gasteiger partial charge < -0.3 is 10.1 Å². The lowest BCUT2D eigenvalue weighted by atomic mass is 10.1. The number of rotatable bonds is 7. The van der Waals surface area contributed by atoms with Gasteiger partial charge in [0, 0.05) is 13.1 Å². The Labute approximate surface area is 212 Å². The highest BCUT2D eigenvalue weighted by Gasteiger charge is 2.37. The van der Waals surface area contributed by atoms with E-state index in [2.05, 4.69) is 22.3 Å². The van der Waals surface area contributed by atoms with E-state index in [1.807, 2.05) is 19.1 Å². The largest absolute Gasteiger partial charge is 0.476 e. The number of carbonyl (C=O) groups excluding carboxylic acids is 1. The summed E-state index contributed by atoms with van der Waals surface area (Å²) in [5, 5.41) is 2.92. The van der Waals surface area contributed by atoms with Crippen LogP contribution in [0.3, 0.4) is 0 Å². The minimum absolute atomic E-state index is 0.103. The number of sulfonamides is 1. The van der Waals surface area contributed by atoms with Crippen LogP contribution in [0.2, 0.25) is 0 Å². The van der Waals surface area contributed by atoms with Gasteiger partial charge >= 0.3 is 0 Å². The fourth-order valence-electron chi connectivity index (χ4n) is 4.67. The Bertz CT molecular complexity index is 1320. The maximum absolute atomic E-state index is 13.5. The molecular weight excluding hydrogens is 474 g/mol. The normalized spacial score (nSPS) is 17.9. The Morgan fingerprint density at radius 1 is 0.944 bits per heavy atom. The standard InChI is InChI=1S/C28H31N3O4S/c1-21-8-14-24(15-9-21)36(33,34)31-20-27(35-26-7-3-2-6-25(26)31)28(32)29-18-22-10-12-23(13-11-22)19-30-16-4-5-17-30/h2-3,6-15,27H,4-5,16-20H2,1H3,(H,29,32). The Morgan fingerprint density at radius 2 is 1.61 bits per heavy atom. The zero-order chi connectivity index (χ0) is 25.1. The summed E-state index contributed by atoms with van der Waals surface area (Å²) in [5.41, 5.74) is 3.64. The molecule has 0 bridgehead atoms. The summed E-state index contributed by atoms with van der Waals surface area (Å²) in [6, 6.07) is 21.9. The molecule has 0 aromatic heterocycles. The van der Waals surface area contributed by atoms with Crippen molar-refractivity contribution < 1.29 is 17.9 Å². The van der Waals surface area contributed by atoms with Crippen molar-refractivity contribution in [2.75, 3.05) is 23.9 Å². The molecule has 3 aromatic rings. The molecule has 7 nitrogen and oxygen atoms in total. The van der Waals surface area contributed by atoms with Gasteiger partial charge in [0.2, 0.25) is 0 Å². The molecule has 1 amide bonds.